The zero-order valence-electron chi connectivity index (χ0n) is 14.3. The molecule has 1 aliphatic heterocycles. The number of nitrogens with zero attached hydrogens (tertiary/aromatic N) is 1. The molecule has 0 aromatic heterocycles. The molecule has 0 aliphatic carbocycles. The van der Waals surface area contributed by atoms with Gasteiger partial charge in [0.1, 0.15) is 5.84 Å². The van der Waals surface area contributed by atoms with Gasteiger partial charge < -0.3 is 5.32 Å². The number of hydrogen-bond acceptors (Lipinski definition) is 4. The lowest BCUT2D eigenvalue weighted by atomic mass is 10.0. The number of carbonyl (C=O) groups is 1. The Morgan fingerprint density at radius 2 is 1.70 bits per heavy atom. The zero-order chi connectivity index (χ0) is 18.9. The quantitative estimate of drug-likeness (QED) is 0.682. The maximum atomic E-state index is 12.5. The van der Waals surface area contributed by atoms with Crippen molar-refractivity contribution in [2.75, 3.05) is 13.1 Å². The second-order valence-electron chi connectivity index (χ2n) is 6.11. The van der Waals surface area contributed by atoms with Crippen molar-refractivity contribution in [3.8, 4) is 0 Å². The number of nitrogens with one attached hydrogen (secondary N) is 2. The fourth-order valence-electron chi connectivity index (χ4n) is 3.11. The number of rotatable bonds is 4. The van der Waals surface area contributed by atoms with Crippen LogP contribution in [-0.4, -0.2) is 33.3 Å². The summed E-state index contributed by atoms with van der Waals surface area (Å²) in [6.07, 6.45) is 0. The molecule has 0 unspecified atom stereocenters. The molecule has 1 amide bonds. The van der Waals surface area contributed by atoms with Crippen LogP contribution in [0.5, 0.6) is 0 Å². The number of carbonyl (C=O) groups excluding carboxylic acids is 1. The van der Waals surface area contributed by atoms with E-state index in [1.807, 2.05) is 36.4 Å². The Hall–Kier alpha value is -3.19. The minimum absolute atomic E-state index is 0.181. The molecule has 0 fully saturated rings. The maximum Gasteiger partial charge on any atom is 0.263 e. The molecule has 2 N–H and O–H groups in total. The van der Waals surface area contributed by atoms with Crippen LogP contribution in [0, 0.1) is 0 Å². The number of amidine groups is 1. The molecule has 1 aliphatic rings. The molecule has 0 saturated heterocycles. The van der Waals surface area contributed by atoms with Crippen molar-refractivity contribution in [2.45, 2.75) is 4.90 Å². The first-order chi connectivity index (χ1) is 13.1. The van der Waals surface area contributed by atoms with Crippen LogP contribution in [0.3, 0.4) is 0 Å². The van der Waals surface area contributed by atoms with Crippen molar-refractivity contribution < 1.29 is 13.2 Å². The third kappa shape index (κ3) is 3.29. The minimum atomic E-state index is -3.54. The van der Waals surface area contributed by atoms with Gasteiger partial charge in [-0.2, -0.15) is 0 Å². The highest BCUT2D eigenvalue weighted by atomic mass is 32.2. The van der Waals surface area contributed by atoms with Crippen LogP contribution in [0.15, 0.2) is 76.6 Å². The van der Waals surface area contributed by atoms with Gasteiger partial charge in [-0.3, -0.25) is 14.5 Å². The van der Waals surface area contributed by atoms with Gasteiger partial charge in [-0.1, -0.05) is 48.5 Å². The second kappa shape index (κ2) is 6.85. The highest BCUT2D eigenvalue weighted by molar-refractivity contribution is 7.90. The lowest BCUT2D eigenvalue weighted by Crippen LogP contribution is -2.28. The molecular weight excluding hydrogens is 362 g/mol. The normalized spacial score (nSPS) is 16.1. The molecule has 0 saturated carbocycles. The van der Waals surface area contributed by atoms with E-state index in [0.717, 1.165) is 10.8 Å². The number of hydrogen-bond donors (Lipinski definition) is 2. The van der Waals surface area contributed by atoms with Gasteiger partial charge in [0, 0.05) is 17.7 Å². The summed E-state index contributed by atoms with van der Waals surface area (Å²) in [5.74, 6) is 0.129. The van der Waals surface area contributed by atoms with Crippen LogP contribution in [0.1, 0.15) is 15.9 Å². The molecule has 3 aromatic carbocycles. The van der Waals surface area contributed by atoms with Crippen molar-refractivity contribution in [1.29, 1.82) is 0 Å². The molecule has 27 heavy (non-hydrogen) atoms. The lowest BCUT2D eigenvalue weighted by molar-refractivity contribution is 0.0956. The van der Waals surface area contributed by atoms with E-state index in [4.69, 9.17) is 0 Å². The van der Waals surface area contributed by atoms with Crippen molar-refractivity contribution >= 4 is 32.5 Å². The topological polar surface area (TPSA) is 87.6 Å². The molecule has 7 heteroatoms. The molecule has 0 radical (unpaired) electrons. The van der Waals surface area contributed by atoms with Crippen LogP contribution in [0.2, 0.25) is 0 Å². The molecular formula is C20H17N3O3S. The number of benzene rings is 3. The zero-order valence-corrected chi connectivity index (χ0v) is 15.2. The summed E-state index contributed by atoms with van der Waals surface area (Å²) in [4.78, 5) is 17.0. The van der Waals surface area contributed by atoms with Crippen LogP contribution in [0.25, 0.3) is 10.8 Å². The first-order valence-corrected chi connectivity index (χ1v) is 9.97. The highest BCUT2D eigenvalue weighted by Crippen LogP contribution is 2.22. The summed E-state index contributed by atoms with van der Waals surface area (Å²) in [5.41, 5.74) is 1.16. The summed E-state index contributed by atoms with van der Waals surface area (Å²) in [7, 11) is -3.54. The monoisotopic (exact) mass is 379 g/mol. The standard InChI is InChI=1S/C20H17N3O3S/c24-20(16-10-5-7-14-6-1-2-8-15(14)16)22-13-12-21-19-17-9-3-4-11-18(17)27(25,26)23-19/h1-11H,12-13H2,(H,21,23)(H,22,24). The molecule has 0 atom stereocenters. The number of fused-ring (bicyclic) bond motifs is 2. The Morgan fingerprint density at radius 1 is 0.963 bits per heavy atom. The fourth-order valence-corrected chi connectivity index (χ4v) is 4.36. The summed E-state index contributed by atoms with van der Waals surface area (Å²) >= 11 is 0. The summed E-state index contributed by atoms with van der Waals surface area (Å²) < 4.78 is 26.6. The highest BCUT2D eigenvalue weighted by Gasteiger charge is 2.29. The Morgan fingerprint density at radius 3 is 2.59 bits per heavy atom. The molecule has 6 nitrogen and oxygen atoms in total. The third-order valence-electron chi connectivity index (χ3n) is 4.36. The van der Waals surface area contributed by atoms with E-state index < -0.39 is 10.0 Å². The van der Waals surface area contributed by atoms with Crippen molar-refractivity contribution in [1.82, 2.24) is 10.0 Å². The maximum absolute atomic E-state index is 12.5. The second-order valence-corrected chi connectivity index (χ2v) is 7.77. The van der Waals surface area contributed by atoms with Crippen LogP contribution < -0.4 is 10.0 Å². The smallest absolute Gasteiger partial charge is 0.263 e. The van der Waals surface area contributed by atoms with Gasteiger partial charge in [-0.25, -0.2) is 8.42 Å². The molecule has 3 aromatic rings. The van der Waals surface area contributed by atoms with E-state index in [-0.39, 0.29) is 17.3 Å². The van der Waals surface area contributed by atoms with Crippen molar-refractivity contribution in [3.63, 3.8) is 0 Å². The van der Waals surface area contributed by atoms with E-state index in [1.54, 1.807) is 30.3 Å². The van der Waals surface area contributed by atoms with Crippen molar-refractivity contribution in [3.05, 3.63) is 77.9 Å². The number of aliphatic imine (C=N–C) groups is 1. The lowest BCUT2D eigenvalue weighted by Gasteiger charge is -2.07. The Balaban J connectivity index is 1.45. The van der Waals surface area contributed by atoms with E-state index in [9.17, 15) is 13.2 Å². The molecule has 136 valence electrons. The van der Waals surface area contributed by atoms with Crippen LogP contribution in [-0.2, 0) is 10.0 Å². The Kier molecular flexibility index (Phi) is 4.37. The van der Waals surface area contributed by atoms with Gasteiger partial charge in [0.15, 0.2) is 0 Å². The Bertz CT molecular complexity index is 1160. The van der Waals surface area contributed by atoms with Gasteiger partial charge >= 0.3 is 0 Å². The molecule has 0 spiro atoms. The van der Waals surface area contributed by atoms with Gasteiger partial charge in [0.25, 0.3) is 15.9 Å². The molecule has 1 heterocycles. The van der Waals surface area contributed by atoms with E-state index in [2.05, 4.69) is 15.0 Å². The fraction of sp³-hybridized carbons (Fsp3) is 0.100. The number of amides is 1. The minimum Gasteiger partial charge on any atom is -0.350 e. The van der Waals surface area contributed by atoms with Crippen molar-refractivity contribution in [2.24, 2.45) is 4.99 Å². The molecule has 0 bridgehead atoms. The first-order valence-electron chi connectivity index (χ1n) is 8.49. The van der Waals surface area contributed by atoms with E-state index in [0.29, 0.717) is 23.5 Å². The van der Waals surface area contributed by atoms with Gasteiger partial charge in [0.05, 0.1) is 11.4 Å². The third-order valence-corrected chi connectivity index (χ3v) is 5.76. The van der Waals surface area contributed by atoms with Gasteiger partial charge in [-0.05, 0) is 29.0 Å². The predicted octanol–water partition coefficient (Wildman–Crippen LogP) is 2.31. The van der Waals surface area contributed by atoms with Gasteiger partial charge in [0.2, 0.25) is 0 Å². The average Bonchev–Trinajstić information content (AvgIpc) is 2.95. The number of sulfonamides is 1. The Labute approximate surface area is 157 Å². The summed E-state index contributed by atoms with van der Waals surface area (Å²) in [5, 5.41) is 4.73. The SMILES string of the molecule is O=C(NCCN=C1NS(=O)(=O)c2ccccc21)c1cccc2ccccc12. The summed E-state index contributed by atoms with van der Waals surface area (Å²) in [6, 6.07) is 20.0. The van der Waals surface area contributed by atoms with E-state index >= 15 is 0 Å². The van der Waals surface area contributed by atoms with Gasteiger partial charge in [-0.15, -0.1) is 0 Å². The molecule has 4 rings (SSSR count). The average molecular weight is 379 g/mol. The van der Waals surface area contributed by atoms with Crippen LogP contribution >= 0.6 is 0 Å². The summed E-state index contributed by atoms with van der Waals surface area (Å²) in [6.45, 7) is 0.568. The predicted molar refractivity (Wildman–Crippen MR) is 104 cm³/mol. The first kappa shape index (κ1) is 17.2. The van der Waals surface area contributed by atoms with E-state index in [1.165, 1.54) is 0 Å². The largest absolute Gasteiger partial charge is 0.350 e. The van der Waals surface area contributed by atoms with Crippen LogP contribution in [0.4, 0.5) is 0 Å².